The van der Waals surface area contributed by atoms with Crippen molar-refractivity contribution in [1.29, 1.82) is 0 Å². The highest BCUT2D eigenvalue weighted by Gasteiger charge is 2.28. The lowest BCUT2D eigenvalue weighted by atomic mass is 10.1. The van der Waals surface area contributed by atoms with Crippen molar-refractivity contribution in [2.24, 2.45) is 0 Å². The van der Waals surface area contributed by atoms with Gasteiger partial charge in [-0.2, -0.15) is 0 Å². The monoisotopic (exact) mass is 256 g/mol. The van der Waals surface area contributed by atoms with E-state index >= 15 is 0 Å². The molecule has 74 valence electrons. The molecule has 0 spiro atoms. The first-order valence-electron chi connectivity index (χ1n) is 4.49. The minimum atomic E-state index is -1.75. The third-order valence-corrected chi connectivity index (χ3v) is 2.72. The molecule has 1 fully saturated rings. The Balaban J connectivity index is 2.28. The molecule has 1 aromatic rings. The van der Waals surface area contributed by atoms with Gasteiger partial charge in [0, 0.05) is 4.47 Å². The summed E-state index contributed by atoms with van der Waals surface area (Å²) < 4.78 is 5.78. The average molecular weight is 257 g/mol. The Bertz CT molecular complexity index is 339. The lowest BCUT2D eigenvalue weighted by molar-refractivity contribution is 0.287. The number of hydrogen-bond donors (Lipinski definition) is 2. The fraction of sp³-hybridized carbons (Fsp3) is 0.333. The number of rotatable bonds is 3. The molecule has 0 heterocycles. The van der Waals surface area contributed by atoms with Crippen LogP contribution in [0.1, 0.15) is 24.3 Å². The molecular weight excluding hydrogens is 247 g/mol. The molecule has 0 aromatic heterocycles. The summed E-state index contributed by atoms with van der Waals surface area (Å²) in [5, 5.41) is 17.5. The highest BCUT2D eigenvalue weighted by Crippen LogP contribution is 2.44. The van der Waals surface area contributed by atoms with Gasteiger partial charge in [-0.3, -0.25) is 0 Å². The summed E-state index contributed by atoms with van der Waals surface area (Å²) in [5.41, 5.74) is 1.06. The number of hydrogen-bond acceptors (Lipinski definition) is 3. The molecule has 1 aliphatic carbocycles. The lowest BCUT2D eigenvalue weighted by Gasteiger charge is -2.10. The predicted molar refractivity (Wildman–Crippen MR) is 56.9 cm³/mol. The van der Waals surface area contributed by atoms with Crippen LogP contribution in [0.3, 0.4) is 0 Å². The van der Waals surface area contributed by atoms with Crippen LogP contribution in [0.4, 0.5) is 0 Å². The van der Waals surface area contributed by atoms with Crippen molar-refractivity contribution in [3.63, 3.8) is 0 Å². The summed E-state index contributed by atoms with van der Waals surface area (Å²) in [5.74, 6) is 1.08. The predicted octanol–water partition coefficient (Wildman–Crippen LogP) is 1.67. The molecule has 2 N–H and O–H groups in total. The minimum absolute atomic E-state index is 0.525. The van der Waals surface area contributed by atoms with Crippen molar-refractivity contribution >= 4 is 23.3 Å². The van der Waals surface area contributed by atoms with E-state index in [1.54, 1.807) is 6.07 Å². The van der Waals surface area contributed by atoms with Gasteiger partial charge in [0.15, 0.2) is 0 Å². The third kappa shape index (κ3) is 2.29. The third-order valence-electron chi connectivity index (χ3n) is 2.23. The van der Waals surface area contributed by atoms with Gasteiger partial charge >= 0.3 is 7.32 Å². The molecule has 0 atom stereocenters. The number of halogens is 1. The van der Waals surface area contributed by atoms with Crippen LogP contribution in [0.2, 0.25) is 0 Å². The number of benzene rings is 1. The lowest BCUT2D eigenvalue weighted by Crippen LogP contribution is -2.21. The fourth-order valence-electron chi connectivity index (χ4n) is 1.46. The molecule has 0 bridgehead atoms. The molecule has 0 saturated heterocycles. The van der Waals surface area contributed by atoms with E-state index in [2.05, 4.69) is 15.9 Å². The second-order valence-electron chi connectivity index (χ2n) is 3.40. The molecule has 1 saturated carbocycles. The Hall–Kier alpha value is -0.515. The smallest absolute Gasteiger partial charge is 0.512 e. The first-order valence-corrected chi connectivity index (χ1v) is 5.28. The van der Waals surface area contributed by atoms with Crippen LogP contribution in [0.5, 0.6) is 5.75 Å². The van der Waals surface area contributed by atoms with Crippen LogP contribution in [-0.4, -0.2) is 17.4 Å². The Morgan fingerprint density at radius 2 is 2.07 bits per heavy atom. The summed E-state index contributed by atoms with van der Waals surface area (Å²) in [6.45, 7) is 0. The Morgan fingerprint density at radius 3 is 2.64 bits per heavy atom. The normalized spacial score (nSPS) is 15.4. The SMILES string of the molecule is OB(O)Oc1cc(Br)ccc1C1CC1. The van der Waals surface area contributed by atoms with Crippen molar-refractivity contribution in [2.75, 3.05) is 0 Å². The van der Waals surface area contributed by atoms with Crippen molar-refractivity contribution in [2.45, 2.75) is 18.8 Å². The van der Waals surface area contributed by atoms with Gasteiger partial charge < -0.3 is 14.7 Å². The molecule has 14 heavy (non-hydrogen) atoms. The fourth-order valence-corrected chi connectivity index (χ4v) is 1.80. The highest BCUT2D eigenvalue weighted by molar-refractivity contribution is 9.10. The second-order valence-corrected chi connectivity index (χ2v) is 4.32. The minimum Gasteiger partial charge on any atom is -0.512 e. The van der Waals surface area contributed by atoms with Crippen molar-refractivity contribution in [3.05, 3.63) is 28.2 Å². The largest absolute Gasteiger partial charge is 0.707 e. The van der Waals surface area contributed by atoms with E-state index in [-0.39, 0.29) is 0 Å². The maximum atomic E-state index is 8.74. The summed E-state index contributed by atoms with van der Waals surface area (Å²) >= 11 is 3.31. The summed E-state index contributed by atoms with van der Waals surface area (Å²) in [7, 11) is -1.75. The standard InChI is InChI=1S/C9H10BBrO3/c11-7-3-4-8(6-1-2-6)9(5-7)14-10(12)13/h3-6,12-13H,1-2H2. The van der Waals surface area contributed by atoms with Crippen LogP contribution in [0.15, 0.2) is 22.7 Å². The molecular formula is C9H10BBrO3. The first-order chi connectivity index (χ1) is 6.66. The topological polar surface area (TPSA) is 49.7 Å². The summed E-state index contributed by atoms with van der Waals surface area (Å²) in [6.07, 6.45) is 2.30. The summed E-state index contributed by atoms with van der Waals surface area (Å²) in [4.78, 5) is 0. The molecule has 0 amide bonds. The molecule has 1 aliphatic rings. The quantitative estimate of drug-likeness (QED) is 0.809. The maximum absolute atomic E-state index is 8.74. The Morgan fingerprint density at radius 1 is 1.36 bits per heavy atom. The van der Waals surface area contributed by atoms with E-state index in [0.717, 1.165) is 22.9 Å². The van der Waals surface area contributed by atoms with Crippen LogP contribution in [0.25, 0.3) is 0 Å². The van der Waals surface area contributed by atoms with E-state index in [1.165, 1.54) is 0 Å². The Labute approximate surface area is 91.0 Å². The van der Waals surface area contributed by atoms with Gasteiger partial charge in [0.25, 0.3) is 0 Å². The van der Waals surface area contributed by atoms with Gasteiger partial charge in [-0.05, 0) is 36.5 Å². The van der Waals surface area contributed by atoms with Crippen LogP contribution >= 0.6 is 15.9 Å². The maximum Gasteiger partial charge on any atom is 0.707 e. The second kappa shape index (κ2) is 3.92. The summed E-state index contributed by atoms with van der Waals surface area (Å²) in [6, 6.07) is 5.65. The van der Waals surface area contributed by atoms with Crippen molar-refractivity contribution in [1.82, 2.24) is 0 Å². The molecule has 0 radical (unpaired) electrons. The van der Waals surface area contributed by atoms with E-state index in [9.17, 15) is 0 Å². The van der Waals surface area contributed by atoms with Crippen LogP contribution < -0.4 is 4.65 Å². The van der Waals surface area contributed by atoms with Gasteiger partial charge in [0.05, 0.1) is 0 Å². The van der Waals surface area contributed by atoms with Gasteiger partial charge in [0.2, 0.25) is 0 Å². The zero-order valence-corrected chi connectivity index (χ0v) is 9.07. The van der Waals surface area contributed by atoms with Crippen LogP contribution in [-0.2, 0) is 0 Å². The van der Waals surface area contributed by atoms with Crippen LogP contribution in [0, 0.1) is 0 Å². The molecule has 3 nitrogen and oxygen atoms in total. The van der Waals surface area contributed by atoms with E-state index in [4.69, 9.17) is 14.7 Å². The van der Waals surface area contributed by atoms with Crippen molar-refractivity contribution < 1.29 is 14.7 Å². The van der Waals surface area contributed by atoms with E-state index < -0.39 is 7.32 Å². The van der Waals surface area contributed by atoms with Crippen molar-refractivity contribution in [3.8, 4) is 5.75 Å². The molecule has 5 heteroatoms. The molecule has 0 unspecified atom stereocenters. The average Bonchev–Trinajstić information content (AvgIpc) is 2.86. The highest BCUT2D eigenvalue weighted by atomic mass is 79.9. The van der Waals surface area contributed by atoms with Gasteiger partial charge in [-0.1, -0.05) is 22.0 Å². The molecule has 2 rings (SSSR count). The van der Waals surface area contributed by atoms with E-state index in [1.807, 2.05) is 12.1 Å². The Kier molecular flexibility index (Phi) is 2.81. The van der Waals surface area contributed by atoms with Gasteiger partial charge in [-0.15, -0.1) is 0 Å². The zero-order chi connectivity index (χ0) is 10.1. The first kappa shape index (κ1) is 10.0. The van der Waals surface area contributed by atoms with E-state index in [0.29, 0.717) is 11.7 Å². The van der Waals surface area contributed by atoms with Gasteiger partial charge in [0.1, 0.15) is 5.75 Å². The molecule has 0 aliphatic heterocycles. The molecule has 1 aromatic carbocycles. The van der Waals surface area contributed by atoms with Gasteiger partial charge in [-0.25, -0.2) is 0 Å². The zero-order valence-electron chi connectivity index (χ0n) is 7.48.